The normalized spacial score (nSPS) is 11.2. The zero-order valence-electron chi connectivity index (χ0n) is 11.0. The Kier molecular flexibility index (Phi) is 4.86. The van der Waals surface area contributed by atoms with Crippen LogP contribution in [0.4, 0.5) is 0 Å². The first-order chi connectivity index (χ1) is 9.06. The number of aromatic nitrogens is 2. The second kappa shape index (κ2) is 6.42. The Morgan fingerprint density at radius 1 is 1.26 bits per heavy atom. The molecule has 1 aromatic heterocycles. The van der Waals surface area contributed by atoms with E-state index >= 15 is 0 Å². The molecule has 0 spiro atoms. The lowest BCUT2D eigenvalue weighted by molar-refractivity contribution is 0.588. The molecule has 102 valence electrons. The maximum atomic E-state index is 6.15. The predicted molar refractivity (Wildman–Crippen MR) is 79.8 cm³/mol. The fourth-order valence-electron chi connectivity index (χ4n) is 1.75. The number of rotatable bonds is 5. The first kappa shape index (κ1) is 14.4. The van der Waals surface area contributed by atoms with E-state index in [2.05, 4.69) is 24.3 Å². The van der Waals surface area contributed by atoms with Gasteiger partial charge in [-0.1, -0.05) is 43.1 Å². The van der Waals surface area contributed by atoms with Crippen LogP contribution < -0.4 is 5.32 Å². The van der Waals surface area contributed by atoms with Crippen molar-refractivity contribution in [3.8, 4) is 0 Å². The lowest BCUT2D eigenvalue weighted by Crippen LogP contribution is -2.21. The Hall–Kier alpha value is -1.03. The van der Waals surface area contributed by atoms with Crippen molar-refractivity contribution in [1.29, 1.82) is 0 Å². The van der Waals surface area contributed by atoms with E-state index in [0.717, 1.165) is 17.7 Å². The molecular formula is C14H17Cl2N3. The summed E-state index contributed by atoms with van der Waals surface area (Å²) in [4.78, 5) is 0. The van der Waals surface area contributed by atoms with Gasteiger partial charge in [-0.3, -0.25) is 4.68 Å². The number of hydrogen-bond acceptors (Lipinski definition) is 2. The lowest BCUT2D eigenvalue weighted by Gasteiger charge is -2.07. The average molecular weight is 298 g/mol. The molecule has 0 atom stereocenters. The molecule has 0 saturated carbocycles. The van der Waals surface area contributed by atoms with Crippen LogP contribution >= 0.6 is 23.2 Å². The fourth-order valence-corrected chi connectivity index (χ4v) is 2.27. The van der Waals surface area contributed by atoms with Gasteiger partial charge in [0.2, 0.25) is 0 Å². The van der Waals surface area contributed by atoms with Gasteiger partial charge in [0.05, 0.1) is 12.7 Å². The zero-order valence-corrected chi connectivity index (χ0v) is 12.5. The van der Waals surface area contributed by atoms with Crippen molar-refractivity contribution in [2.45, 2.75) is 33.0 Å². The highest BCUT2D eigenvalue weighted by atomic mass is 35.5. The van der Waals surface area contributed by atoms with Crippen LogP contribution in [0.25, 0.3) is 0 Å². The molecule has 0 bridgehead atoms. The molecule has 19 heavy (non-hydrogen) atoms. The second-order valence-electron chi connectivity index (χ2n) is 4.78. The summed E-state index contributed by atoms with van der Waals surface area (Å²) in [6.45, 7) is 5.63. The molecule has 0 amide bonds. The molecule has 2 rings (SSSR count). The van der Waals surface area contributed by atoms with E-state index < -0.39 is 0 Å². The van der Waals surface area contributed by atoms with Gasteiger partial charge < -0.3 is 5.32 Å². The molecule has 5 heteroatoms. The topological polar surface area (TPSA) is 29.9 Å². The molecule has 0 aliphatic rings. The van der Waals surface area contributed by atoms with Gasteiger partial charge in [0, 0.05) is 40.0 Å². The molecule has 1 aromatic carbocycles. The SMILES string of the molecule is CC(C)NCc1cnn(Cc2c(Cl)cccc2Cl)c1. The van der Waals surface area contributed by atoms with E-state index in [1.54, 1.807) is 0 Å². The van der Waals surface area contributed by atoms with Gasteiger partial charge in [0.25, 0.3) is 0 Å². The minimum absolute atomic E-state index is 0.460. The predicted octanol–water partition coefficient (Wildman–Crippen LogP) is 3.74. The zero-order chi connectivity index (χ0) is 13.8. The van der Waals surface area contributed by atoms with Crippen LogP contribution in [-0.2, 0) is 13.1 Å². The maximum absolute atomic E-state index is 6.15. The monoisotopic (exact) mass is 297 g/mol. The van der Waals surface area contributed by atoms with Crippen molar-refractivity contribution in [3.05, 3.63) is 51.8 Å². The first-order valence-electron chi connectivity index (χ1n) is 6.24. The molecule has 0 aliphatic heterocycles. The number of halogens is 2. The first-order valence-corrected chi connectivity index (χ1v) is 6.99. The molecule has 0 aliphatic carbocycles. The van der Waals surface area contributed by atoms with Gasteiger partial charge >= 0.3 is 0 Å². The Morgan fingerprint density at radius 2 is 1.95 bits per heavy atom. The van der Waals surface area contributed by atoms with Crippen molar-refractivity contribution in [3.63, 3.8) is 0 Å². The largest absolute Gasteiger partial charge is 0.310 e. The molecular weight excluding hydrogens is 281 g/mol. The van der Waals surface area contributed by atoms with E-state index in [1.165, 1.54) is 0 Å². The quantitative estimate of drug-likeness (QED) is 0.911. The smallest absolute Gasteiger partial charge is 0.0688 e. The van der Waals surface area contributed by atoms with Gasteiger partial charge in [-0.25, -0.2) is 0 Å². The summed E-state index contributed by atoms with van der Waals surface area (Å²) in [5.41, 5.74) is 2.05. The molecule has 0 radical (unpaired) electrons. The van der Waals surface area contributed by atoms with E-state index in [1.807, 2.05) is 35.3 Å². The van der Waals surface area contributed by atoms with Crippen molar-refractivity contribution in [1.82, 2.24) is 15.1 Å². The number of hydrogen-bond donors (Lipinski definition) is 1. The summed E-state index contributed by atoms with van der Waals surface area (Å²) in [7, 11) is 0. The summed E-state index contributed by atoms with van der Waals surface area (Å²) in [6.07, 6.45) is 3.87. The summed E-state index contributed by atoms with van der Waals surface area (Å²) in [5.74, 6) is 0. The van der Waals surface area contributed by atoms with Crippen LogP contribution in [-0.4, -0.2) is 15.8 Å². The van der Waals surface area contributed by atoms with Crippen molar-refractivity contribution < 1.29 is 0 Å². The van der Waals surface area contributed by atoms with Crippen LogP contribution in [0.2, 0.25) is 10.0 Å². The standard InChI is InChI=1S/C14H17Cl2N3/c1-10(2)17-6-11-7-18-19(8-11)9-12-13(15)4-3-5-14(12)16/h3-5,7-8,10,17H,6,9H2,1-2H3. The molecule has 3 nitrogen and oxygen atoms in total. The minimum atomic E-state index is 0.460. The van der Waals surface area contributed by atoms with Gasteiger partial charge in [-0.2, -0.15) is 5.10 Å². The fraction of sp³-hybridized carbons (Fsp3) is 0.357. The highest BCUT2D eigenvalue weighted by Gasteiger charge is 2.07. The summed E-state index contributed by atoms with van der Waals surface area (Å²) >= 11 is 12.3. The van der Waals surface area contributed by atoms with Crippen LogP contribution in [0.1, 0.15) is 25.0 Å². The van der Waals surface area contributed by atoms with Crippen LogP contribution in [0, 0.1) is 0 Å². The third-order valence-electron chi connectivity index (χ3n) is 2.78. The molecule has 2 aromatic rings. The molecule has 1 N–H and O–H groups in total. The summed E-state index contributed by atoms with van der Waals surface area (Å²) in [5, 5.41) is 9.03. The number of benzene rings is 1. The van der Waals surface area contributed by atoms with E-state index in [-0.39, 0.29) is 0 Å². The van der Waals surface area contributed by atoms with E-state index in [4.69, 9.17) is 23.2 Å². The average Bonchev–Trinajstić information content (AvgIpc) is 2.79. The summed E-state index contributed by atoms with van der Waals surface area (Å²) < 4.78 is 1.85. The van der Waals surface area contributed by atoms with Gasteiger partial charge in [-0.05, 0) is 12.1 Å². The third-order valence-corrected chi connectivity index (χ3v) is 3.49. The third kappa shape index (κ3) is 3.96. The lowest BCUT2D eigenvalue weighted by atomic mass is 10.2. The van der Waals surface area contributed by atoms with Gasteiger partial charge in [0.15, 0.2) is 0 Å². The Morgan fingerprint density at radius 3 is 2.58 bits per heavy atom. The highest BCUT2D eigenvalue weighted by Crippen LogP contribution is 2.24. The van der Waals surface area contributed by atoms with Gasteiger partial charge in [-0.15, -0.1) is 0 Å². The summed E-state index contributed by atoms with van der Waals surface area (Å²) in [6, 6.07) is 5.98. The number of nitrogens with zero attached hydrogens (tertiary/aromatic N) is 2. The van der Waals surface area contributed by atoms with Crippen molar-refractivity contribution >= 4 is 23.2 Å². The van der Waals surface area contributed by atoms with Crippen LogP contribution in [0.5, 0.6) is 0 Å². The molecule has 0 saturated heterocycles. The Balaban J connectivity index is 2.07. The minimum Gasteiger partial charge on any atom is -0.310 e. The van der Waals surface area contributed by atoms with Crippen molar-refractivity contribution in [2.24, 2.45) is 0 Å². The van der Waals surface area contributed by atoms with Crippen LogP contribution in [0.3, 0.4) is 0 Å². The van der Waals surface area contributed by atoms with Gasteiger partial charge in [0.1, 0.15) is 0 Å². The second-order valence-corrected chi connectivity index (χ2v) is 5.60. The van der Waals surface area contributed by atoms with E-state index in [0.29, 0.717) is 22.6 Å². The molecule has 0 unspecified atom stereocenters. The molecule has 0 fully saturated rings. The Labute approximate surface area is 123 Å². The number of nitrogens with one attached hydrogen (secondary N) is 1. The molecule has 1 heterocycles. The Bertz CT molecular complexity index is 529. The van der Waals surface area contributed by atoms with E-state index in [9.17, 15) is 0 Å². The van der Waals surface area contributed by atoms with Crippen molar-refractivity contribution in [2.75, 3.05) is 0 Å². The maximum Gasteiger partial charge on any atom is 0.0688 e. The highest BCUT2D eigenvalue weighted by molar-refractivity contribution is 6.35. The van der Waals surface area contributed by atoms with Crippen LogP contribution in [0.15, 0.2) is 30.6 Å².